The van der Waals surface area contributed by atoms with Crippen LogP contribution < -0.4 is 0 Å². The van der Waals surface area contributed by atoms with E-state index in [0.717, 1.165) is 26.1 Å². The zero-order chi connectivity index (χ0) is 10.8. The number of hydrogen-bond acceptors (Lipinski definition) is 1. The summed E-state index contributed by atoms with van der Waals surface area (Å²) >= 11 is 0. The highest BCUT2D eigenvalue weighted by molar-refractivity contribution is 5.83. The Hall–Kier alpha value is -1.54. The summed E-state index contributed by atoms with van der Waals surface area (Å²) in [4.78, 5) is 5.79. The van der Waals surface area contributed by atoms with Gasteiger partial charge in [0.1, 0.15) is 0 Å². The second-order valence-corrected chi connectivity index (χ2v) is 4.34. The molecule has 0 saturated carbocycles. The Bertz CT molecular complexity index is 502. The van der Waals surface area contributed by atoms with Gasteiger partial charge in [0.15, 0.2) is 0 Å². The monoisotopic (exact) mass is 212 g/mol. The topological polar surface area (TPSA) is 19.0 Å². The number of rotatable bonds is 3. The Morgan fingerprint density at radius 2 is 1.94 bits per heavy atom. The molecule has 16 heavy (non-hydrogen) atoms. The van der Waals surface area contributed by atoms with Crippen LogP contribution in [-0.2, 0) is 6.42 Å². The highest BCUT2D eigenvalue weighted by Gasteiger charge is 2.08. The molecule has 2 heterocycles. The van der Waals surface area contributed by atoms with E-state index in [2.05, 4.69) is 52.5 Å². The largest absolute Gasteiger partial charge is 0.361 e. The standard InChI is InChI=1S/C14H16N2/c1-2-6-14-13(5-1)12(11-15-14)7-10-16-8-3-4-9-16/h1-6,11,15H,7-10H2. The summed E-state index contributed by atoms with van der Waals surface area (Å²) in [5.41, 5.74) is 2.68. The smallest absolute Gasteiger partial charge is 0.0456 e. The third-order valence-corrected chi connectivity index (χ3v) is 3.27. The molecular weight excluding hydrogens is 196 g/mol. The van der Waals surface area contributed by atoms with E-state index in [1.807, 2.05) is 0 Å². The maximum Gasteiger partial charge on any atom is 0.0456 e. The molecule has 0 radical (unpaired) electrons. The second-order valence-electron chi connectivity index (χ2n) is 4.34. The van der Waals surface area contributed by atoms with Gasteiger partial charge in [-0.15, -0.1) is 0 Å². The fraction of sp³-hybridized carbons (Fsp3) is 0.286. The van der Waals surface area contributed by atoms with Gasteiger partial charge in [-0.05, 0) is 18.1 Å². The van der Waals surface area contributed by atoms with Crippen LogP contribution in [0.25, 0.3) is 10.9 Å². The molecule has 0 amide bonds. The van der Waals surface area contributed by atoms with E-state index in [4.69, 9.17) is 0 Å². The lowest BCUT2D eigenvalue weighted by Gasteiger charge is -2.13. The Labute approximate surface area is 95.6 Å². The molecule has 0 saturated heterocycles. The average molecular weight is 212 g/mol. The quantitative estimate of drug-likeness (QED) is 0.775. The molecule has 3 rings (SSSR count). The number of nitrogens with zero attached hydrogens (tertiary/aromatic N) is 1. The molecule has 0 atom stereocenters. The Balaban J connectivity index is 1.74. The highest BCUT2D eigenvalue weighted by Crippen LogP contribution is 2.18. The summed E-state index contributed by atoms with van der Waals surface area (Å²) in [6.45, 7) is 3.37. The summed E-state index contributed by atoms with van der Waals surface area (Å²) in [5, 5.41) is 1.37. The first-order chi connectivity index (χ1) is 7.93. The van der Waals surface area contributed by atoms with Crippen molar-refractivity contribution in [2.75, 3.05) is 19.6 Å². The summed E-state index contributed by atoms with van der Waals surface area (Å²) in [5.74, 6) is 0. The van der Waals surface area contributed by atoms with Crippen LogP contribution in [0.15, 0.2) is 42.6 Å². The molecule has 0 spiro atoms. The van der Waals surface area contributed by atoms with Gasteiger partial charge in [0.2, 0.25) is 0 Å². The average Bonchev–Trinajstić information content (AvgIpc) is 2.96. The van der Waals surface area contributed by atoms with Crippen LogP contribution in [0.1, 0.15) is 5.56 Å². The highest BCUT2D eigenvalue weighted by atomic mass is 15.1. The fourth-order valence-corrected chi connectivity index (χ4v) is 2.32. The molecule has 1 aromatic heterocycles. The minimum absolute atomic E-state index is 1.11. The molecule has 1 N–H and O–H groups in total. The van der Waals surface area contributed by atoms with Crippen LogP contribution in [-0.4, -0.2) is 29.5 Å². The zero-order valence-corrected chi connectivity index (χ0v) is 9.32. The molecule has 1 aliphatic rings. The van der Waals surface area contributed by atoms with Gasteiger partial charge in [0.05, 0.1) is 0 Å². The Morgan fingerprint density at radius 1 is 1.12 bits per heavy atom. The van der Waals surface area contributed by atoms with Crippen LogP contribution in [0.4, 0.5) is 0 Å². The van der Waals surface area contributed by atoms with Gasteiger partial charge in [-0.1, -0.05) is 30.4 Å². The molecule has 0 bridgehead atoms. The van der Waals surface area contributed by atoms with Crippen molar-refractivity contribution >= 4 is 10.9 Å². The number of nitrogens with one attached hydrogen (secondary N) is 1. The van der Waals surface area contributed by atoms with E-state index < -0.39 is 0 Å². The lowest BCUT2D eigenvalue weighted by molar-refractivity contribution is 0.358. The van der Waals surface area contributed by atoms with Crippen molar-refractivity contribution in [2.24, 2.45) is 0 Å². The van der Waals surface area contributed by atoms with Crippen molar-refractivity contribution in [3.63, 3.8) is 0 Å². The van der Waals surface area contributed by atoms with Crippen LogP contribution in [0.3, 0.4) is 0 Å². The molecular formula is C14H16N2. The van der Waals surface area contributed by atoms with Gasteiger partial charge in [0.25, 0.3) is 0 Å². The first-order valence-electron chi connectivity index (χ1n) is 5.86. The Morgan fingerprint density at radius 3 is 2.81 bits per heavy atom. The molecule has 0 unspecified atom stereocenters. The van der Waals surface area contributed by atoms with Crippen molar-refractivity contribution in [1.82, 2.24) is 9.88 Å². The fourth-order valence-electron chi connectivity index (χ4n) is 2.32. The van der Waals surface area contributed by atoms with Gasteiger partial charge in [-0.2, -0.15) is 0 Å². The van der Waals surface area contributed by atoms with Crippen molar-refractivity contribution in [3.8, 4) is 0 Å². The number of para-hydroxylation sites is 1. The van der Waals surface area contributed by atoms with Gasteiger partial charge < -0.3 is 4.98 Å². The number of benzene rings is 1. The molecule has 1 aliphatic heterocycles. The predicted molar refractivity (Wildman–Crippen MR) is 67.6 cm³/mol. The third kappa shape index (κ3) is 1.76. The minimum atomic E-state index is 1.11. The van der Waals surface area contributed by atoms with Crippen LogP contribution in [0, 0.1) is 0 Å². The van der Waals surface area contributed by atoms with Crippen molar-refractivity contribution < 1.29 is 0 Å². The normalized spacial score (nSPS) is 16.2. The Kier molecular flexibility index (Phi) is 2.50. The van der Waals surface area contributed by atoms with Gasteiger partial charge >= 0.3 is 0 Å². The van der Waals surface area contributed by atoms with Gasteiger partial charge in [0, 0.05) is 36.7 Å². The number of H-pyrrole nitrogens is 1. The third-order valence-electron chi connectivity index (χ3n) is 3.27. The summed E-state index contributed by atoms with van der Waals surface area (Å²) in [6.07, 6.45) is 7.77. The second kappa shape index (κ2) is 4.14. The van der Waals surface area contributed by atoms with E-state index in [1.165, 1.54) is 16.5 Å². The molecule has 0 aliphatic carbocycles. The zero-order valence-electron chi connectivity index (χ0n) is 9.32. The lowest BCUT2D eigenvalue weighted by Crippen LogP contribution is -2.22. The first-order valence-corrected chi connectivity index (χ1v) is 5.86. The van der Waals surface area contributed by atoms with Gasteiger partial charge in [-0.3, -0.25) is 4.90 Å². The summed E-state index contributed by atoms with van der Waals surface area (Å²) < 4.78 is 0. The van der Waals surface area contributed by atoms with E-state index in [-0.39, 0.29) is 0 Å². The minimum Gasteiger partial charge on any atom is -0.361 e. The number of aromatic nitrogens is 1. The number of fused-ring (bicyclic) bond motifs is 1. The SMILES string of the molecule is C1=CCN(CCc2c[nH]c3ccccc23)C1. The van der Waals surface area contributed by atoms with Crippen molar-refractivity contribution in [2.45, 2.75) is 6.42 Å². The maximum atomic E-state index is 3.33. The number of hydrogen-bond donors (Lipinski definition) is 1. The molecule has 2 heteroatoms. The lowest BCUT2D eigenvalue weighted by atomic mass is 10.1. The van der Waals surface area contributed by atoms with Crippen LogP contribution in [0.5, 0.6) is 0 Å². The predicted octanol–water partition coefficient (Wildman–Crippen LogP) is 2.58. The van der Waals surface area contributed by atoms with Gasteiger partial charge in [-0.25, -0.2) is 0 Å². The molecule has 1 aromatic carbocycles. The maximum absolute atomic E-state index is 3.33. The van der Waals surface area contributed by atoms with E-state index in [1.54, 1.807) is 0 Å². The first kappa shape index (κ1) is 9.67. The molecule has 2 nitrogen and oxygen atoms in total. The van der Waals surface area contributed by atoms with Crippen LogP contribution >= 0.6 is 0 Å². The van der Waals surface area contributed by atoms with E-state index >= 15 is 0 Å². The van der Waals surface area contributed by atoms with Crippen molar-refractivity contribution in [1.29, 1.82) is 0 Å². The van der Waals surface area contributed by atoms with E-state index in [9.17, 15) is 0 Å². The summed E-state index contributed by atoms with van der Waals surface area (Å²) in [7, 11) is 0. The molecule has 82 valence electrons. The van der Waals surface area contributed by atoms with Crippen molar-refractivity contribution in [3.05, 3.63) is 48.2 Å². The molecule has 2 aromatic rings. The number of aromatic amines is 1. The molecule has 0 fully saturated rings. The summed E-state index contributed by atoms with van der Waals surface area (Å²) in [6, 6.07) is 8.52. The van der Waals surface area contributed by atoms with Crippen LogP contribution in [0.2, 0.25) is 0 Å². The van der Waals surface area contributed by atoms with E-state index in [0.29, 0.717) is 0 Å².